The van der Waals surface area contributed by atoms with Gasteiger partial charge in [0, 0.05) is 17.7 Å². The third kappa shape index (κ3) is 2.73. The van der Waals surface area contributed by atoms with Crippen molar-refractivity contribution in [3.8, 4) is 0 Å². The zero-order valence-corrected chi connectivity index (χ0v) is 8.75. The Morgan fingerprint density at radius 3 is 2.60 bits per heavy atom. The van der Waals surface area contributed by atoms with Gasteiger partial charge in [-0.3, -0.25) is 15.1 Å². The maximum absolute atomic E-state index is 10.4. The van der Waals surface area contributed by atoms with E-state index in [-0.39, 0.29) is 11.6 Å². The molecule has 82 valence electrons. The van der Waals surface area contributed by atoms with Crippen LogP contribution in [0, 0.1) is 10.1 Å². The molecular weight excluding hydrogens is 196 g/mol. The van der Waals surface area contributed by atoms with Crippen molar-refractivity contribution in [2.75, 3.05) is 0 Å². The van der Waals surface area contributed by atoms with Crippen LogP contribution in [-0.2, 0) is 0 Å². The number of pyridine rings is 1. The Bertz CT molecular complexity index is 335. The Kier molecular flexibility index (Phi) is 3.74. The molecule has 0 aliphatic rings. The molecule has 0 radical (unpaired) electrons. The van der Waals surface area contributed by atoms with Crippen LogP contribution in [0.2, 0.25) is 0 Å². The van der Waals surface area contributed by atoms with Gasteiger partial charge in [0.25, 0.3) is 5.69 Å². The molecule has 0 saturated carbocycles. The van der Waals surface area contributed by atoms with Crippen LogP contribution in [0.4, 0.5) is 5.69 Å². The summed E-state index contributed by atoms with van der Waals surface area (Å²) < 4.78 is 0. The van der Waals surface area contributed by atoms with Crippen LogP contribution in [0.5, 0.6) is 0 Å². The van der Waals surface area contributed by atoms with Crippen molar-refractivity contribution in [3.63, 3.8) is 0 Å². The summed E-state index contributed by atoms with van der Waals surface area (Å²) in [7, 11) is 0. The van der Waals surface area contributed by atoms with Gasteiger partial charge in [-0.2, -0.15) is 0 Å². The molecule has 2 unspecified atom stereocenters. The Balaban J connectivity index is 2.92. The first-order valence-corrected chi connectivity index (χ1v) is 4.84. The van der Waals surface area contributed by atoms with Gasteiger partial charge in [0.05, 0.1) is 11.0 Å². The number of aromatic nitrogens is 1. The molecule has 15 heavy (non-hydrogen) atoms. The second-order valence-corrected chi connectivity index (χ2v) is 3.45. The molecule has 0 bridgehead atoms. The maximum atomic E-state index is 10.4. The molecule has 5 nitrogen and oxygen atoms in total. The van der Waals surface area contributed by atoms with Crippen molar-refractivity contribution in [2.24, 2.45) is 0 Å². The number of aliphatic hydroxyl groups is 1. The standard InChI is InChI=1S/C10H14N2O3/c1-3-9(7(2)13)10-5-4-8(6-11-10)12(14)15/h4-7,9,13H,3H2,1-2H3. The van der Waals surface area contributed by atoms with Gasteiger partial charge in [0.15, 0.2) is 0 Å². The lowest BCUT2D eigenvalue weighted by Gasteiger charge is -2.16. The van der Waals surface area contributed by atoms with Crippen molar-refractivity contribution in [2.45, 2.75) is 32.3 Å². The lowest BCUT2D eigenvalue weighted by Crippen LogP contribution is -2.15. The van der Waals surface area contributed by atoms with Gasteiger partial charge in [-0.05, 0) is 19.4 Å². The van der Waals surface area contributed by atoms with Crippen molar-refractivity contribution < 1.29 is 10.0 Å². The molecule has 1 heterocycles. The molecule has 0 aromatic carbocycles. The number of nitro groups is 1. The molecule has 0 aliphatic heterocycles. The fourth-order valence-electron chi connectivity index (χ4n) is 1.52. The second-order valence-electron chi connectivity index (χ2n) is 3.45. The largest absolute Gasteiger partial charge is 0.393 e. The van der Waals surface area contributed by atoms with Crippen LogP contribution in [0.25, 0.3) is 0 Å². The highest BCUT2D eigenvalue weighted by Crippen LogP contribution is 2.22. The van der Waals surface area contributed by atoms with Gasteiger partial charge in [-0.1, -0.05) is 6.92 Å². The first-order valence-electron chi connectivity index (χ1n) is 4.84. The minimum atomic E-state index is -0.496. The summed E-state index contributed by atoms with van der Waals surface area (Å²) in [5.41, 5.74) is 0.664. The fourth-order valence-corrected chi connectivity index (χ4v) is 1.52. The molecule has 1 rings (SSSR count). The van der Waals surface area contributed by atoms with E-state index in [4.69, 9.17) is 0 Å². The first-order chi connectivity index (χ1) is 7.06. The minimum absolute atomic E-state index is 0.0285. The third-order valence-corrected chi connectivity index (χ3v) is 2.38. The monoisotopic (exact) mass is 210 g/mol. The topological polar surface area (TPSA) is 76.3 Å². The predicted octanol–water partition coefficient (Wildman–Crippen LogP) is 1.86. The molecule has 1 aromatic rings. The van der Waals surface area contributed by atoms with Crippen molar-refractivity contribution >= 4 is 5.69 Å². The average Bonchev–Trinajstić information content (AvgIpc) is 2.19. The van der Waals surface area contributed by atoms with Gasteiger partial charge >= 0.3 is 0 Å². The summed E-state index contributed by atoms with van der Waals surface area (Å²) in [4.78, 5) is 13.9. The summed E-state index contributed by atoms with van der Waals surface area (Å²) in [5, 5.41) is 19.9. The van der Waals surface area contributed by atoms with E-state index in [2.05, 4.69) is 4.98 Å². The van der Waals surface area contributed by atoms with E-state index in [0.29, 0.717) is 5.69 Å². The maximum Gasteiger partial charge on any atom is 0.287 e. The number of nitrogens with zero attached hydrogens (tertiary/aromatic N) is 2. The van der Waals surface area contributed by atoms with Crippen LogP contribution in [0.15, 0.2) is 18.3 Å². The number of rotatable bonds is 4. The highest BCUT2D eigenvalue weighted by Gasteiger charge is 2.17. The number of hydrogen-bond acceptors (Lipinski definition) is 4. The quantitative estimate of drug-likeness (QED) is 0.608. The van der Waals surface area contributed by atoms with Crippen LogP contribution >= 0.6 is 0 Å². The van der Waals surface area contributed by atoms with Gasteiger partial charge in [0.1, 0.15) is 6.20 Å². The van der Waals surface area contributed by atoms with Crippen molar-refractivity contribution in [1.29, 1.82) is 0 Å². The first kappa shape index (κ1) is 11.6. The third-order valence-electron chi connectivity index (χ3n) is 2.38. The van der Waals surface area contributed by atoms with Crippen LogP contribution < -0.4 is 0 Å². The van der Waals surface area contributed by atoms with Crippen molar-refractivity contribution in [1.82, 2.24) is 4.98 Å². The van der Waals surface area contributed by atoms with Gasteiger partial charge in [0.2, 0.25) is 0 Å². The predicted molar refractivity (Wildman–Crippen MR) is 55.6 cm³/mol. The molecule has 0 amide bonds. The van der Waals surface area contributed by atoms with Crippen LogP contribution in [-0.4, -0.2) is 21.1 Å². The second kappa shape index (κ2) is 4.84. The SMILES string of the molecule is CCC(c1ccc([N+](=O)[O-])cn1)C(C)O. The van der Waals surface area contributed by atoms with E-state index < -0.39 is 11.0 Å². The van der Waals surface area contributed by atoms with E-state index in [1.54, 1.807) is 13.0 Å². The zero-order chi connectivity index (χ0) is 11.4. The molecular formula is C10H14N2O3. The zero-order valence-electron chi connectivity index (χ0n) is 8.75. The van der Waals surface area contributed by atoms with Crippen LogP contribution in [0.1, 0.15) is 31.9 Å². The summed E-state index contributed by atoms with van der Waals surface area (Å²) in [6, 6.07) is 3.01. The summed E-state index contributed by atoms with van der Waals surface area (Å²) in [6.45, 7) is 3.64. The lowest BCUT2D eigenvalue weighted by atomic mass is 9.96. The van der Waals surface area contributed by atoms with E-state index in [1.807, 2.05) is 6.92 Å². The highest BCUT2D eigenvalue weighted by atomic mass is 16.6. The summed E-state index contributed by atoms with van der Waals surface area (Å²) in [5.74, 6) is -0.0641. The van der Waals surface area contributed by atoms with Gasteiger partial charge in [-0.25, -0.2) is 0 Å². The molecule has 0 spiro atoms. The van der Waals surface area contributed by atoms with E-state index in [1.165, 1.54) is 12.3 Å². The number of hydrogen-bond donors (Lipinski definition) is 1. The molecule has 2 atom stereocenters. The van der Waals surface area contributed by atoms with E-state index in [9.17, 15) is 15.2 Å². The molecule has 1 aromatic heterocycles. The minimum Gasteiger partial charge on any atom is -0.393 e. The number of aliphatic hydroxyl groups excluding tert-OH is 1. The van der Waals surface area contributed by atoms with Crippen molar-refractivity contribution in [3.05, 3.63) is 34.1 Å². The molecule has 0 aliphatic carbocycles. The Labute approximate surface area is 87.9 Å². The average molecular weight is 210 g/mol. The van der Waals surface area contributed by atoms with Gasteiger partial charge in [-0.15, -0.1) is 0 Å². The smallest absolute Gasteiger partial charge is 0.287 e. The summed E-state index contributed by atoms with van der Waals surface area (Å²) in [6.07, 6.45) is 1.48. The highest BCUT2D eigenvalue weighted by molar-refractivity contribution is 5.28. The van der Waals surface area contributed by atoms with Crippen LogP contribution in [0.3, 0.4) is 0 Å². The molecule has 1 N–H and O–H groups in total. The van der Waals surface area contributed by atoms with E-state index in [0.717, 1.165) is 6.42 Å². The molecule has 5 heteroatoms. The Morgan fingerprint density at radius 1 is 1.60 bits per heavy atom. The van der Waals surface area contributed by atoms with E-state index >= 15 is 0 Å². The normalized spacial score (nSPS) is 14.6. The molecule has 0 fully saturated rings. The Hall–Kier alpha value is -1.49. The lowest BCUT2D eigenvalue weighted by molar-refractivity contribution is -0.385. The summed E-state index contributed by atoms with van der Waals surface area (Å²) >= 11 is 0. The molecule has 0 saturated heterocycles. The Morgan fingerprint density at radius 2 is 2.27 bits per heavy atom. The fraction of sp³-hybridized carbons (Fsp3) is 0.500. The van der Waals surface area contributed by atoms with Gasteiger partial charge < -0.3 is 5.11 Å².